The quantitative estimate of drug-likeness (QED) is 0.172. The number of hydrogen-bond donors (Lipinski definition) is 1. The van der Waals surface area contributed by atoms with Crippen LogP contribution in [0.3, 0.4) is 0 Å². The number of rotatable bonds is 12. The lowest BCUT2D eigenvalue weighted by Crippen LogP contribution is -2.37. The van der Waals surface area contributed by atoms with Crippen molar-refractivity contribution in [2.75, 3.05) is 26.0 Å². The first-order valence-corrected chi connectivity index (χ1v) is 15.2. The lowest BCUT2D eigenvalue weighted by atomic mass is 9.84. The zero-order valence-electron chi connectivity index (χ0n) is 23.3. The fourth-order valence-electron chi connectivity index (χ4n) is 4.76. The van der Waals surface area contributed by atoms with Crippen molar-refractivity contribution in [3.05, 3.63) is 93.8 Å². The van der Waals surface area contributed by atoms with E-state index in [1.165, 1.54) is 19.1 Å². The molecule has 41 heavy (non-hydrogen) atoms. The van der Waals surface area contributed by atoms with Gasteiger partial charge in [-0.2, -0.15) is 13.2 Å². The minimum absolute atomic E-state index is 0.00980. The molecule has 0 amide bonds. The van der Waals surface area contributed by atoms with Crippen LogP contribution >= 0.6 is 11.6 Å². The van der Waals surface area contributed by atoms with Crippen LogP contribution in [0.1, 0.15) is 55.5 Å². The van der Waals surface area contributed by atoms with Crippen LogP contribution in [0.2, 0.25) is 5.02 Å². The first kappa shape index (κ1) is 32.8. The zero-order chi connectivity index (χ0) is 30.6. The lowest BCUT2D eigenvalue weighted by molar-refractivity contribution is -0.137. The summed E-state index contributed by atoms with van der Waals surface area (Å²) in [6.07, 6.45) is -4.60. The van der Waals surface area contributed by atoms with Gasteiger partial charge in [0.15, 0.2) is 9.84 Å². The average molecular weight is 616 g/mol. The van der Waals surface area contributed by atoms with E-state index in [-0.39, 0.29) is 39.8 Å². The normalized spacial score (nSPS) is 13.4. The number of halogens is 5. The smallest absolute Gasteiger partial charge is 0.417 e. The molecule has 0 aliphatic rings. The lowest BCUT2D eigenvalue weighted by Gasteiger charge is -2.33. The number of ether oxygens (including phenoxy) is 1. The highest BCUT2D eigenvalue weighted by atomic mass is 35.5. The Morgan fingerprint density at radius 3 is 2.29 bits per heavy atom. The topological polar surface area (TPSA) is 66.8 Å². The van der Waals surface area contributed by atoms with E-state index in [4.69, 9.17) is 16.3 Å². The molecular weight excluding hydrogens is 582 g/mol. The Morgan fingerprint density at radius 1 is 1.05 bits per heavy atom. The second-order valence-corrected chi connectivity index (χ2v) is 13.1. The summed E-state index contributed by atoms with van der Waals surface area (Å²) < 4.78 is 85.2. The van der Waals surface area contributed by atoms with Gasteiger partial charge in [0.05, 0.1) is 28.2 Å². The van der Waals surface area contributed by atoms with Crippen molar-refractivity contribution in [2.24, 2.45) is 0 Å². The summed E-state index contributed by atoms with van der Waals surface area (Å²) in [6.45, 7) is 6.47. The van der Waals surface area contributed by atoms with Crippen molar-refractivity contribution in [2.45, 2.75) is 56.3 Å². The maximum atomic E-state index is 14.7. The summed E-state index contributed by atoms with van der Waals surface area (Å²) in [5.74, 6) is -0.909. The second kappa shape index (κ2) is 13.1. The Morgan fingerprint density at radius 2 is 1.71 bits per heavy atom. The molecule has 1 unspecified atom stereocenters. The molecule has 0 saturated carbocycles. The Hall–Kier alpha value is -2.66. The van der Waals surface area contributed by atoms with E-state index < -0.39 is 33.5 Å². The fourth-order valence-corrected chi connectivity index (χ4v) is 6.05. The molecule has 0 aliphatic heterocycles. The largest absolute Gasteiger partial charge is 0.493 e. The molecule has 3 aromatic rings. The van der Waals surface area contributed by atoms with E-state index in [0.29, 0.717) is 25.1 Å². The SMILES string of the molecule is CC(O)c1c(F)cc(OCCCN(Cc2cccc(C(F)(F)F)c2Cl)CC(C)(C)c2ccccc2)cc1S(C)(=O)=O. The molecule has 0 aliphatic carbocycles. The highest BCUT2D eigenvalue weighted by Gasteiger charge is 2.34. The summed E-state index contributed by atoms with van der Waals surface area (Å²) in [7, 11) is -3.85. The molecule has 0 bridgehead atoms. The summed E-state index contributed by atoms with van der Waals surface area (Å²) in [4.78, 5) is 1.63. The van der Waals surface area contributed by atoms with E-state index >= 15 is 0 Å². The summed E-state index contributed by atoms with van der Waals surface area (Å²) >= 11 is 6.19. The standard InChI is InChI=1S/C30H34ClF4NO4S/c1-20(37)27-25(32)16-23(17-26(27)41(4,38)39)40-15-9-14-36(19-29(2,3)22-11-6-5-7-12-22)18-21-10-8-13-24(28(21)31)30(33,34)35/h5-8,10-13,16-17,20,37H,9,14-15,18-19H2,1-4H3. The maximum absolute atomic E-state index is 14.7. The van der Waals surface area contributed by atoms with Crippen molar-refractivity contribution in [1.82, 2.24) is 4.90 Å². The third-order valence-electron chi connectivity index (χ3n) is 6.72. The first-order chi connectivity index (χ1) is 19.0. The van der Waals surface area contributed by atoms with Crippen molar-refractivity contribution >= 4 is 21.4 Å². The number of alkyl halides is 3. The minimum atomic E-state index is -4.58. The maximum Gasteiger partial charge on any atom is 0.417 e. The Labute approximate surface area is 243 Å². The van der Waals surface area contributed by atoms with Crippen molar-refractivity contribution in [1.29, 1.82) is 0 Å². The zero-order valence-corrected chi connectivity index (χ0v) is 24.9. The second-order valence-electron chi connectivity index (χ2n) is 10.7. The summed E-state index contributed by atoms with van der Waals surface area (Å²) in [6, 6.07) is 15.8. The number of aliphatic hydroxyl groups excluding tert-OH is 1. The average Bonchev–Trinajstić information content (AvgIpc) is 2.86. The molecule has 5 nitrogen and oxygen atoms in total. The minimum Gasteiger partial charge on any atom is -0.493 e. The van der Waals surface area contributed by atoms with Crippen LogP contribution in [0.4, 0.5) is 17.6 Å². The predicted octanol–water partition coefficient (Wildman–Crippen LogP) is 7.20. The molecule has 0 spiro atoms. The van der Waals surface area contributed by atoms with Crippen LogP contribution in [-0.4, -0.2) is 44.4 Å². The van der Waals surface area contributed by atoms with Gasteiger partial charge in [0.1, 0.15) is 11.6 Å². The fraction of sp³-hybridized carbons (Fsp3) is 0.400. The van der Waals surface area contributed by atoms with E-state index in [0.717, 1.165) is 24.0 Å². The number of benzene rings is 3. The molecule has 0 radical (unpaired) electrons. The van der Waals surface area contributed by atoms with E-state index in [9.17, 15) is 31.1 Å². The van der Waals surface area contributed by atoms with Crippen LogP contribution in [0.25, 0.3) is 0 Å². The first-order valence-electron chi connectivity index (χ1n) is 13.0. The van der Waals surface area contributed by atoms with Gasteiger partial charge in [-0.1, -0.05) is 67.9 Å². The van der Waals surface area contributed by atoms with Gasteiger partial charge in [0.25, 0.3) is 0 Å². The highest BCUT2D eigenvalue weighted by molar-refractivity contribution is 7.90. The number of sulfone groups is 1. The molecule has 0 heterocycles. The third-order valence-corrected chi connectivity index (χ3v) is 8.31. The Kier molecular flexibility index (Phi) is 10.5. The van der Waals surface area contributed by atoms with E-state index in [1.807, 2.05) is 49.1 Å². The van der Waals surface area contributed by atoms with Crippen molar-refractivity contribution in [3.8, 4) is 5.75 Å². The van der Waals surface area contributed by atoms with Gasteiger partial charge in [-0.15, -0.1) is 0 Å². The molecule has 1 N–H and O–H groups in total. The third kappa shape index (κ3) is 8.67. The van der Waals surface area contributed by atoms with Gasteiger partial charge in [0, 0.05) is 42.9 Å². The van der Waals surface area contributed by atoms with Crippen LogP contribution in [0.15, 0.2) is 65.6 Å². The van der Waals surface area contributed by atoms with Gasteiger partial charge in [-0.3, -0.25) is 4.90 Å². The summed E-state index contributed by atoms with van der Waals surface area (Å²) in [5, 5.41) is 9.52. The highest BCUT2D eigenvalue weighted by Crippen LogP contribution is 2.37. The molecule has 0 fully saturated rings. The van der Waals surface area contributed by atoms with E-state index in [1.54, 1.807) is 6.07 Å². The number of aliphatic hydroxyl groups is 1. The molecular formula is C30H34ClF4NO4S. The molecule has 3 aromatic carbocycles. The Bertz CT molecular complexity index is 1440. The molecule has 1 atom stereocenters. The molecule has 0 aromatic heterocycles. The van der Waals surface area contributed by atoms with Gasteiger partial charge >= 0.3 is 6.18 Å². The monoisotopic (exact) mass is 615 g/mol. The van der Waals surface area contributed by atoms with Gasteiger partial charge in [0.2, 0.25) is 0 Å². The van der Waals surface area contributed by atoms with Gasteiger partial charge in [-0.05, 0) is 36.6 Å². The molecule has 0 saturated heterocycles. The number of hydrogen-bond acceptors (Lipinski definition) is 5. The van der Waals surface area contributed by atoms with Crippen LogP contribution < -0.4 is 4.74 Å². The summed E-state index contributed by atoms with van der Waals surface area (Å²) in [5.41, 5.74) is -0.197. The predicted molar refractivity (Wildman–Crippen MR) is 151 cm³/mol. The van der Waals surface area contributed by atoms with E-state index in [2.05, 4.69) is 0 Å². The molecule has 11 heteroatoms. The van der Waals surface area contributed by atoms with Crippen LogP contribution in [-0.2, 0) is 28.0 Å². The van der Waals surface area contributed by atoms with Crippen LogP contribution in [0.5, 0.6) is 5.75 Å². The van der Waals surface area contributed by atoms with Gasteiger partial charge in [-0.25, -0.2) is 12.8 Å². The Balaban J connectivity index is 1.81. The van der Waals surface area contributed by atoms with Crippen molar-refractivity contribution < 1.29 is 35.8 Å². The number of nitrogens with zero attached hydrogens (tertiary/aromatic N) is 1. The van der Waals surface area contributed by atoms with Crippen molar-refractivity contribution in [3.63, 3.8) is 0 Å². The molecule has 3 rings (SSSR count). The van der Waals surface area contributed by atoms with Gasteiger partial charge < -0.3 is 9.84 Å². The van der Waals surface area contributed by atoms with Crippen LogP contribution in [0, 0.1) is 5.82 Å². The molecule has 224 valence electrons.